The van der Waals surface area contributed by atoms with E-state index >= 15 is 0 Å². The fraction of sp³-hybridized carbons (Fsp3) is 0.333. The van der Waals surface area contributed by atoms with E-state index in [9.17, 15) is 0 Å². The van der Waals surface area contributed by atoms with Crippen LogP contribution in [-0.4, -0.2) is 7.11 Å². The van der Waals surface area contributed by atoms with Crippen LogP contribution < -0.4 is 4.74 Å². The van der Waals surface area contributed by atoms with Gasteiger partial charge in [0, 0.05) is 20.0 Å². The van der Waals surface area contributed by atoms with E-state index in [4.69, 9.17) is 16.3 Å². The van der Waals surface area contributed by atoms with Crippen LogP contribution in [0.25, 0.3) is 0 Å². The minimum Gasteiger partial charge on any atom is -0.496 e. The van der Waals surface area contributed by atoms with Gasteiger partial charge in [0.1, 0.15) is 11.1 Å². The third-order valence-electron chi connectivity index (χ3n) is 2.39. The molecule has 0 fully saturated rings. The molecule has 0 aromatic carbocycles. The zero-order chi connectivity index (χ0) is 11.7. The first-order valence-corrected chi connectivity index (χ1v) is 7.08. The van der Waals surface area contributed by atoms with Gasteiger partial charge in [0.2, 0.25) is 0 Å². The molecule has 2 rings (SSSR count). The van der Waals surface area contributed by atoms with Gasteiger partial charge in [-0.2, -0.15) is 0 Å². The molecule has 0 saturated heterocycles. The van der Waals surface area contributed by atoms with Crippen LogP contribution in [0.5, 0.6) is 5.75 Å². The molecule has 1 atom stereocenters. The summed E-state index contributed by atoms with van der Waals surface area (Å²) in [5.41, 5.74) is 1.27. The van der Waals surface area contributed by atoms with Crippen LogP contribution >= 0.6 is 34.3 Å². The van der Waals surface area contributed by atoms with E-state index in [-0.39, 0.29) is 5.38 Å². The molecule has 0 saturated carbocycles. The smallest absolute Gasteiger partial charge is 0.129 e. The molecule has 0 spiro atoms. The number of ether oxygens (including phenoxy) is 1. The van der Waals surface area contributed by atoms with Gasteiger partial charge in [0.25, 0.3) is 0 Å². The zero-order valence-electron chi connectivity index (χ0n) is 9.41. The first kappa shape index (κ1) is 12.0. The molecule has 2 heterocycles. The molecular weight excluding hydrogens is 260 g/mol. The second-order valence-electron chi connectivity index (χ2n) is 3.66. The second kappa shape index (κ2) is 4.78. The zero-order valence-corrected chi connectivity index (χ0v) is 11.8. The SMILES string of the molecule is COc1csc(C(Cl)c2sc(C)cc2C)c1. The van der Waals surface area contributed by atoms with Crippen molar-refractivity contribution < 1.29 is 4.74 Å². The number of rotatable bonds is 3. The van der Waals surface area contributed by atoms with Crippen molar-refractivity contribution in [2.45, 2.75) is 19.2 Å². The van der Waals surface area contributed by atoms with Gasteiger partial charge < -0.3 is 4.74 Å². The average Bonchev–Trinajstić information content (AvgIpc) is 2.84. The minimum atomic E-state index is -0.0485. The fourth-order valence-electron chi connectivity index (χ4n) is 1.61. The van der Waals surface area contributed by atoms with Gasteiger partial charge in [-0.1, -0.05) is 0 Å². The highest BCUT2D eigenvalue weighted by Crippen LogP contribution is 2.40. The van der Waals surface area contributed by atoms with Crippen molar-refractivity contribution in [1.29, 1.82) is 0 Å². The molecule has 1 unspecified atom stereocenters. The Hall–Kier alpha value is -0.510. The lowest BCUT2D eigenvalue weighted by atomic mass is 10.2. The first-order chi connectivity index (χ1) is 7.61. The van der Waals surface area contributed by atoms with Crippen molar-refractivity contribution in [1.82, 2.24) is 0 Å². The van der Waals surface area contributed by atoms with Crippen LogP contribution in [0.2, 0.25) is 0 Å². The fourth-order valence-corrected chi connectivity index (χ4v) is 4.08. The summed E-state index contributed by atoms with van der Waals surface area (Å²) in [6.07, 6.45) is 0. The van der Waals surface area contributed by atoms with Crippen molar-refractivity contribution >= 4 is 34.3 Å². The Morgan fingerprint density at radius 1 is 1.31 bits per heavy atom. The molecule has 0 aliphatic heterocycles. The van der Waals surface area contributed by atoms with E-state index in [0.717, 1.165) is 10.6 Å². The number of alkyl halides is 1. The van der Waals surface area contributed by atoms with E-state index < -0.39 is 0 Å². The normalized spacial score (nSPS) is 12.8. The number of thiophene rings is 2. The topological polar surface area (TPSA) is 9.23 Å². The van der Waals surface area contributed by atoms with Crippen LogP contribution in [0.1, 0.15) is 25.6 Å². The summed E-state index contributed by atoms with van der Waals surface area (Å²) in [5, 5.41) is 1.94. The largest absolute Gasteiger partial charge is 0.496 e. The van der Waals surface area contributed by atoms with Gasteiger partial charge in [-0.25, -0.2) is 0 Å². The van der Waals surface area contributed by atoms with Crippen molar-refractivity contribution in [2.24, 2.45) is 0 Å². The van der Waals surface area contributed by atoms with Crippen LogP contribution in [0.4, 0.5) is 0 Å². The molecule has 4 heteroatoms. The van der Waals surface area contributed by atoms with Crippen molar-refractivity contribution in [3.8, 4) is 5.75 Å². The van der Waals surface area contributed by atoms with Crippen LogP contribution in [0, 0.1) is 13.8 Å². The van der Waals surface area contributed by atoms with E-state index in [1.807, 2.05) is 11.4 Å². The van der Waals surface area contributed by atoms with Gasteiger partial charge in [0.15, 0.2) is 0 Å². The van der Waals surface area contributed by atoms with Gasteiger partial charge in [-0.15, -0.1) is 34.3 Å². The molecule has 0 radical (unpaired) electrons. The molecule has 2 aromatic rings. The van der Waals surface area contributed by atoms with Gasteiger partial charge in [-0.3, -0.25) is 0 Å². The molecule has 16 heavy (non-hydrogen) atoms. The summed E-state index contributed by atoms with van der Waals surface area (Å²) in [7, 11) is 1.68. The summed E-state index contributed by atoms with van der Waals surface area (Å²) in [6.45, 7) is 4.22. The van der Waals surface area contributed by atoms with E-state index in [2.05, 4.69) is 19.9 Å². The maximum atomic E-state index is 6.49. The Morgan fingerprint density at radius 2 is 2.06 bits per heavy atom. The van der Waals surface area contributed by atoms with Crippen LogP contribution in [0.3, 0.4) is 0 Å². The summed E-state index contributed by atoms with van der Waals surface area (Å²) in [4.78, 5) is 3.69. The minimum absolute atomic E-state index is 0.0485. The highest BCUT2D eigenvalue weighted by molar-refractivity contribution is 7.13. The van der Waals surface area contributed by atoms with E-state index in [1.54, 1.807) is 29.8 Å². The number of aryl methyl sites for hydroxylation is 2. The quantitative estimate of drug-likeness (QED) is 0.732. The molecule has 0 aliphatic carbocycles. The molecule has 0 amide bonds. The Bertz CT molecular complexity index is 487. The van der Waals surface area contributed by atoms with Crippen molar-refractivity contribution in [3.63, 3.8) is 0 Å². The molecule has 0 N–H and O–H groups in total. The number of halogens is 1. The lowest BCUT2D eigenvalue weighted by Crippen LogP contribution is -1.88. The van der Waals surface area contributed by atoms with Crippen LogP contribution in [-0.2, 0) is 0 Å². The van der Waals surface area contributed by atoms with Crippen molar-refractivity contribution in [3.05, 3.63) is 37.7 Å². The summed E-state index contributed by atoms with van der Waals surface area (Å²) < 4.78 is 5.17. The number of hydrogen-bond donors (Lipinski definition) is 0. The van der Waals surface area contributed by atoms with E-state index in [0.29, 0.717) is 0 Å². The van der Waals surface area contributed by atoms with Gasteiger partial charge in [0.05, 0.1) is 7.11 Å². The summed E-state index contributed by atoms with van der Waals surface area (Å²) in [5.74, 6) is 0.886. The van der Waals surface area contributed by atoms with Crippen LogP contribution in [0.15, 0.2) is 17.5 Å². The monoisotopic (exact) mass is 272 g/mol. The van der Waals surface area contributed by atoms with Gasteiger partial charge >= 0.3 is 0 Å². The molecule has 1 nitrogen and oxygen atoms in total. The van der Waals surface area contributed by atoms with Crippen molar-refractivity contribution in [2.75, 3.05) is 7.11 Å². The van der Waals surface area contributed by atoms with E-state index in [1.165, 1.54) is 15.3 Å². The highest BCUT2D eigenvalue weighted by Gasteiger charge is 2.17. The predicted molar refractivity (Wildman–Crippen MR) is 72.4 cm³/mol. The molecule has 0 aliphatic rings. The molecule has 2 aromatic heterocycles. The Labute approximate surface area is 109 Å². The highest BCUT2D eigenvalue weighted by atomic mass is 35.5. The lowest BCUT2D eigenvalue weighted by molar-refractivity contribution is 0.416. The Morgan fingerprint density at radius 3 is 2.56 bits per heavy atom. The summed E-state index contributed by atoms with van der Waals surface area (Å²) in [6, 6.07) is 4.19. The predicted octanol–water partition coefficient (Wildman–Crippen LogP) is 4.76. The van der Waals surface area contributed by atoms with Gasteiger partial charge in [-0.05, 0) is 31.5 Å². The maximum absolute atomic E-state index is 6.49. The Balaban J connectivity index is 2.31. The molecular formula is C12H13ClOS2. The second-order valence-corrected chi connectivity index (χ2v) is 6.32. The number of methoxy groups -OCH3 is 1. The summed E-state index contributed by atoms with van der Waals surface area (Å²) >= 11 is 9.90. The number of hydrogen-bond acceptors (Lipinski definition) is 3. The third-order valence-corrected chi connectivity index (χ3v) is 5.30. The lowest BCUT2D eigenvalue weighted by Gasteiger charge is -2.05. The third kappa shape index (κ3) is 2.26. The standard InChI is InChI=1S/C12H13ClOS2/c1-7-4-8(2)16-12(7)11(13)10-5-9(14-3)6-15-10/h4-6,11H,1-3H3. The molecule has 86 valence electrons. The maximum Gasteiger partial charge on any atom is 0.129 e. The average molecular weight is 273 g/mol. The first-order valence-electron chi connectivity index (χ1n) is 4.95. The molecule has 0 bridgehead atoms. The Kier molecular flexibility index (Phi) is 3.57.